The first-order valence-electron chi connectivity index (χ1n) is 4.95. The van der Waals surface area contributed by atoms with Gasteiger partial charge in [0.1, 0.15) is 11.4 Å². The Morgan fingerprint density at radius 2 is 2.19 bits per heavy atom. The molecule has 1 atom stereocenters. The second kappa shape index (κ2) is 4.02. The van der Waals surface area contributed by atoms with Gasteiger partial charge in [-0.3, -0.25) is 0 Å². The maximum Gasteiger partial charge on any atom is 0.151 e. The van der Waals surface area contributed by atoms with Gasteiger partial charge in [-0.1, -0.05) is 17.3 Å². The minimum absolute atomic E-state index is 0.329. The topological polar surface area (TPSA) is 50.9 Å². The average molecular weight is 221 g/mol. The predicted molar refractivity (Wildman–Crippen MR) is 56.7 cm³/mol. The van der Waals surface area contributed by atoms with Gasteiger partial charge < -0.3 is 5.11 Å². The first kappa shape index (κ1) is 10.8. The Balaban J connectivity index is 2.47. The lowest BCUT2D eigenvalue weighted by Crippen LogP contribution is -2.00. The highest BCUT2D eigenvalue weighted by Gasteiger charge is 2.11. The van der Waals surface area contributed by atoms with Crippen LogP contribution in [0.25, 0.3) is 5.69 Å². The van der Waals surface area contributed by atoms with Crippen LogP contribution in [0.15, 0.2) is 24.4 Å². The third-order valence-corrected chi connectivity index (χ3v) is 2.36. The fourth-order valence-corrected chi connectivity index (χ4v) is 1.39. The summed E-state index contributed by atoms with van der Waals surface area (Å²) in [5.41, 5.74) is 1.30. The molecule has 0 saturated heterocycles. The van der Waals surface area contributed by atoms with Crippen LogP contribution in [-0.2, 0) is 0 Å². The first-order valence-corrected chi connectivity index (χ1v) is 4.95. The number of aliphatic hydroxyl groups excluding tert-OH is 1. The minimum atomic E-state index is -0.707. The summed E-state index contributed by atoms with van der Waals surface area (Å²) in [4.78, 5) is 0. The van der Waals surface area contributed by atoms with Crippen LogP contribution in [0.2, 0.25) is 0 Å². The summed E-state index contributed by atoms with van der Waals surface area (Å²) in [6, 6.07) is 5.05. The Hall–Kier alpha value is -1.75. The number of nitrogens with zero attached hydrogens (tertiary/aromatic N) is 3. The molecule has 1 heterocycles. The highest BCUT2D eigenvalue weighted by Crippen LogP contribution is 2.17. The molecule has 1 unspecified atom stereocenters. The van der Waals surface area contributed by atoms with Crippen LogP contribution < -0.4 is 0 Å². The molecule has 0 saturated carbocycles. The maximum atomic E-state index is 13.7. The summed E-state index contributed by atoms with van der Waals surface area (Å²) >= 11 is 0. The Labute approximate surface area is 92.3 Å². The zero-order valence-electron chi connectivity index (χ0n) is 9.05. The van der Waals surface area contributed by atoms with Crippen molar-refractivity contribution in [3.8, 4) is 5.69 Å². The standard InChI is InChI=1S/C11H12FN3O/c1-7-4-3-5-10(11(7)12)15-6-9(8(2)16)13-14-15/h3-6,8,16H,1-2H3. The number of hydrogen-bond donors (Lipinski definition) is 1. The number of aryl methyl sites for hydroxylation is 1. The molecule has 5 heteroatoms. The molecule has 2 rings (SSSR count). The van der Waals surface area contributed by atoms with Crippen molar-refractivity contribution in [3.63, 3.8) is 0 Å². The molecule has 16 heavy (non-hydrogen) atoms. The second-order valence-corrected chi connectivity index (χ2v) is 3.67. The van der Waals surface area contributed by atoms with Gasteiger partial charge in [-0.2, -0.15) is 0 Å². The van der Waals surface area contributed by atoms with E-state index in [0.29, 0.717) is 16.9 Å². The van der Waals surface area contributed by atoms with E-state index in [2.05, 4.69) is 10.3 Å². The van der Waals surface area contributed by atoms with E-state index < -0.39 is 6.10 Å². The lowest BCUT2D eigenvalue weighted by atomic mass is 10.2. The summed E-state index contributed by atoms with van der Waals surface area (Å²) in [6.07, 6.45) is 0.810. The van der Waals surface area contributed by atoms with Gasteiger partial charge in [0.15, 0.2) is 5.82 Å². The fourth-order valence-electron chi connectivity index (χ4n) is 1.39. The van der Waals surface area contributed by atoms with Gasteiger partial charge in [-0.15, -0.1) is 5.10 Å². The van der Waals surface area contributed by atoms with Gasteiger partial charge in [0.25, 0.3) is 0 Å². The van der Waals surface area contributed by atoms with Crippen LogP contribution in [0.3, 0.4) is 0 Å². The van der Waals surface area contributed by atoms with Crippen molar-refractivity contribution in [1.82, 2.24) is 15.0 Å². The molecular weight excluding hydrogens is 209 g/mol. The quantitative estimate of drug-likeness (QED) is 0.840. The molecule has 1 aromatic heterocycles. The van der Waals surface area contributed by atoms with E-state index in [1.807, 2.05) is 0 Å². The van der Waals surface area contributed by atoms with Gasteiger partial charge in [0.2, 0.25) is 0 Å². The summed E-state index contributed by atoms with van der Waals surface area (Å²) < 4.78 is 15.1. The van der Waals surface area contributed by atoms with E-state index in [4.69, 9.17) is 0 Å². The van der Waals surface area contributed by atoms with Crippen LogP contribution in [0.5, 0.6) is 0 Å². The lowest BCUT2D eigenvalue weighted by molar-refractivity contribution is 0.194. The van der Waals surface area contributed by atoms with E-state index >= 15 is 0 Å². The molecule has 0 aliphatic rings. The number of hydrogen-bond acceptors (Lipinski definition) is 3. The van der Waals surface area contributed by atoms with Crippen LogP contribution >= 0.6 is 0 Å². The van der Waals surface area contributed by atoms with Crippen molar-refractivity contribution in [1.29, 1.82) is 0 Å². The van der Waals surface area contributed by atoms with Crippen LogP contribution in [-0.4, -0.2) is 20.1 Å². The van der Waals surface area contributed by atoms with Crippen LogP contribution in [0.4, 0.5) is 4.39 Å². The van der Waals surface area contributed by atoms with E-state index in [1.165, 1.54) is 10.9 Å². The lowest BCUT2D eigenvalue weighted by Gasteiger charge is -2.03. The van der Waals surface area contributed by atoms with E-state index in [1.54, 1.807) is 32.0 Å². The smallest absolute Gasteiger partial charge is 0.151 e. The Morgan fingerprint density at radius 1 is 1.44 bits per heavy atom. The van der Waals surface area contributed by atoms with Gasteiger partial charge in [0, 0.05) is 0 Å². The SMILES string of the molecule is Cc1cccc(-n2cc(C(C)O)nn2)c1F. The number of rotatable bonds is 2. The van der Waals surface area contributed by atoms with Crippen molar-refractivity contribution in [2.24, 2.45) is 0 Å². The molecule has 0 aliphatic heterocycles. The highest BCUT2D eigenvalue weighted by molar-refractivity contribution is 5.36. The van der Waals surface area contributed by atoms with Gasteiger partial charge in [-0.05, 0) is 25.5 Å². The van der Waals surface area contributed by atoms with Crippen molar-refractivity contribution < 1.29 is 9.50 Å². The molecule has 0 fully saturated rings. The maximum absolute atomic E-state index is 13.7. The van der Waals surface area contributed by atoms with E-state index in [9.17, 15) is 9.50 Å². The fraction of sp³-hybridized carbons (Fsp3) is 0.273. The van der Waals surface area contributed by atoms with Crippen LogP contribution in [0, 0.1) is 12.7 Å². The zero-order chi connectivity index (χ0) is 11.7. The van der Waals surface area contributed by atoms with Gasteiger partial charge in [-0.25, -0.2) is 9.07 Å². The summed E-state index contributed by atoms with van der Waals surface area (Å²) in [5.74, 6) is -0.329. The van der Waals surface area contributed by atoms with Crippen molar-refractivity contribution >= 4 is 0 Å². The van der Waals surface area contributed by atoms with E-state index in [-0.39, 0.29) is 5.82 Å². The predicted octanol–water partition coefficient (Wildman–Crippen LogP) is 1.77. The van der Waals surface area contributed by atoms with Crippen molar-refractivity contribution in [2.75, 3.05) is 0 Å². The summed E-state index contributed by atoms with van der Waals surface area (Å²) in [7, 11) is 0. The molecular formula is C11H12FN3O. The number of benzene rings is 1. The molecule has 0 amide bonds. The molecule has 4 nitrogen and oxygen atoms in total. The van der Waals surface area contributed by atoms with Gasteiger partial charge in [0.05, 0.1) is 12.3 Å². The molecule has 1 aromatic carbocycles. The van der Waals surface area contributed by atoms with Crippen LogP contribution in [0.1, 0.15) is 24.3 Å². The third-order valence-electron chi connectivity index (χ3n) is 2.36. The molecule has 2 aromatic rings. The largest absolute Gasteiger partial charge is 0.387 e. The summed E-state index contributed by atoms with van der Waals surface area (Å²) in [6.45, 7) is 3.27. The average Bonchev–Trinajstić information content (AvgIpc) is 2.71. The number of halogens is 1. The number of aliphatic hydroxyl groups is 1. The van der Waals surface area contributed by atoms with Gasteiger partial charge >= 0.3 is 0 Å². The highest BCUT2D eigenvalue weighted by atomic mass is 19.1. The molecule has 1 N–H and O–H groups in total. The Morgan fingerprint density at radius 3 is 2.81 bits per heavy atom. The molecule has 0 spiro atoms. The number of aromatic nitrogens is 3. The monoisotopic (exact) mass is 221 g/mol. The molecule has 0 aliphatic carbocycles. The minimum Gasteiger partial charge on any atom is -0.387 e. The summed E-state index contributed by atoms with van der Waals surface area (Å²) in [5, 5.41) is 16.8. The van der Waals surface area contributed by atoms with Crippen molar-refractivity contribution in [2.45, 2.75) is 20.0 Å². The van der Waals surface area contributed by atoms with Crippen molar-refractivity contribution in [3.05, 3.63) is 41.5 Å². The zero-order valence-corrected chi connectivity index (χ0v) is 9.05. The second-order valence-electron chi connectivity index (χ2n) is 3.67. The normalized spacial score (nSPS) is 12.8. The third kappa shape index (κ3) is 1.81. The first-order chi connectivity index (χ1) is 7.59. The molecule has 84 valence electrons. The molecule has 0 bridgehead atoms. The van der Waals surface area contributed by atoms with E-state index in [0.717, 1.165) is 0 Å². The molecule has 0 radical (unpaired) electrons. The Bertz CT molecular complexity index is 508. The Kier molecular flexibility index (Phi) is 2.70.